The van der Waals surface area contributed by atoms with Crippen LogP contribution in [0.2, 0.25) is 0 Å². The lowest BCUT2D eigenvalue weighted by Crippen LogP contribution is -2.20. The number of aryl methyl sites for hydroxylation is 1. The Bertz CT molecular complexity index is 872. The second kappa shape index (κ2) is 7.95. The summed E-state index contributed by atoms with van der Waals surface area (Å²) in [5.41, 5.74) is 1.30. The van der Waals surface area contributed by atoms with Gasteiger partial charge in [-0.3, -0.25) is 9.59 Å². The van der Waals surface area contributed by atoms with Crippen molar-refractivity contribution in [1.82, 2.24) is 4.72 Å². The zero-order chi connectivity index (χ0) is 18.4. The van der Waals surface area contributed by atoms with Gasteiger partial charge in [-0.15, -0.1) is 0 Å². The number of hydrogen-bond donors (Lipinski definition) is 3. The summed E-state index contributed by atoms with van der Waals surface area (Å²) < 4.78 is 29.7. The molecule has 0 saturated heterocycles. The Morgan fingerprint density at radius 2 is 1.96 bits per heavy atom. The average molecular weight is 366 g/mol. The van der Waals surface area contributed by atoms with Crippen molar-refractivity contribution in [1.29, 1.82) is 0 Å². The van der Waals surface area contributed by atoms with Gasteiger partial charge in [0, 0.05) is 12.1 Å². The maximum atomic E-state index is 12.2. The SMILES string of the molecule is CS(=O)(=O)NCc1ccc(C(=O)Nc2cccc(CCC(=O)O)c2)o1. The number of furan rings is 1. The molecular formula is C16H18N2O6S. The van der Waals surface area contributed by atoms with Crippen LogP contribution in [0.3, 0.4) is 0 Å². The number of nitrogens with one attached hydrogen (secondary N) is 2. The number of aliphatic carboxylic acids is 1. The van der Waals surface area contributed by atoms with Crippen LogP contribution in [0.5, 0.6) is 0 Å². The fourth-order valence-electron chi connectivity index (χ4n) is 2.05. The van der Waals surface area contributed by atoms with Crippen LogP contribution in [0.25, 0.3) is 0 Å². The minimum atomic E-state index is -3.35. The van der Waals surface area contributed by atoms with Gasteiger partial charge in [0.15, 0.2) is 5.76 Å². The number of rotatable bonds is 8. The van der Waals surface area contributed by atoms with E-state index in [1.807, 2.05) is 0 Å². The first-order valence-electron chi connectivity index (χ1n) is 7.38. The zero-order valence-electron chi connectivity index (χ0n) is 13.5. The van der Waals surface area contributed by atoms with E-state index in [-0.39, 0.29) is 18.7 Å². The zero-order valence-corrected chi connectivity index (χ0v) is 14.3. The molecular weight excluding hydrogens is 348 g/mol. The molecule has 0 bridgehead atoms. The summed E-state index contributed by atoms with van der Waals surface area (Å²) in [4.78, 5) is 22.8. The highest BCUT2D eigenvalue weighted by Gasteiger charge is 2.13. The molecule has 0 aliphatic rings. The Kier molecular flexibility index (Phi) is 5.94. The van der Waals surface area contributed by atoms with Crippen molar-refractivity contribution in [3.05, 3.63) is 53.5 Å². The van der Waals surface area contributed by atoms with Crippen LogP contribution >= 0.6 is 0 Å². The largest absolute Gasteiger partial charge is 0.481 e. The van der Waals surface area contributed by atoms with E-state index in [1.54, 1.807) is 24.3 Å². The van der Waals surface area contributed by atoms with Crippen LogP contribution in [0.1, 0.15) is 28.3 Å². The molecule has 0 saturated carbocycles. The third-order valence-corrected chi connectivity index (χ3v) is 3.88. The molecule has 8 nitrogen and oxygen atoms in total. The number of carbonyl (C=O) groups excluding carboxylic acids is 1. The van der Waals surface area contributed by atoms with Crippen molar-refractivity contribution < 1.29 is 27.5 Å². The Hall–Kier alpha value is -2.65. The molecule has 0 radical (unpaired) electrons. The van der Waals surface area contributed by atoms with Crippen LogP contribution < -0.4 is 10.0 Å². The molecule has 0 spiro atoms. The fraction of sp³-hybridized carbons (Fsp3) is 0.250. The van der Waals surface area contributed by atoms with E-state index >= 15 is 0 Å². The molecule has 1 aromatic heterocycles. The molecule has 0 unspecified atom stereocenters. The normalized spacial score (nSPS) is 11.2. The van der Waals surface area contributed by atoms with Crippen molar-refractivity contribution in [3.63, 3.8) is 0 Å². The standard InChI is InChI=1S/C16H18N2O6S/c1-25(22,23)17-10-13-6-7-14(24-13)16(21)18-12-4-2-3-11(9-12)5-8-15(19)20/h2-4,6-7,9,17H,5,8,10H2,1H3,(H,18,21)(H,19,20). The van der Waals surface area contributed by atoms with E-state index < -0.39 is 21.9 Å². The van der Waals surface area contributed by atoms with Gasteiger partial charge in [0.25, 0.3) is 5.91 Å². The number of carbonyl (C=O) groups is 2. The highest BCUT2D eigenvalue weighted by molar-refractivity contribution is 7.88. The highest BCUT2D eigenvalue weighted by Crippen LogP contribution is 2.15. The summed E-state index contributed by atoms with van der Waals surface area (Å²) in [7, 11) is -3.35. The van der Waals surface area contributed by atoms with Gasteiger partial charge < -0.3 is 14.8 Å². The summed E-state index contributed by atoms with van der Waals surface area (Å²) in [6.07, 6.45) is 1.40. The van der Waals surface area contributed by atoms with Crippen LogP contribution in [0.4, 0.5) is 5.69 Å². The van der Waals surface area contributed by atoms with E-state index in [9.17, 15) is 18.0 Å². The molecule has 25 heavy (non-hydrogen) atoms. The maximum absolute atomic E-state index is 12.2. The topological polar surface area (TPSA) is 126 Å². The van der Waals surface area contributed by atoms with E-state index in [2.05, 4.69) is 10.0 Å². The molecule has 9 heteroatoms. The van der Waals surface area contributed by atoms with E-state index in [0.717, 1.165) is 11.8 Å². The van der Waals surface area contributed by atoms with E-state index in [1.165, 1.54) is 12.1 Å². The van der Waals surface area contributed by atoms with Crippen molar-refractivity contribution in [2.45, 2.75) is 19.4 Å². The summed E-state index contributed by atoms with van der Waals surface area (Å²) in [6.45, 7) is -0.0449. The molecule has 0 aliphatic heterocycles. The number of hydrogen-bond acceptors (Lipinski definition) is 5. The Labute approximate surface area is 144 Å². The first-order valence-corrected chi connectivity index (χ1v) is 9.27. The number of benzene rings is 1. The summed E-state index contributed by atoms with van der Waals surface area (Å²) in [5, 5.41) is 11.4. The maximum Gasteiger partial charge on any atom is 0.303 e. The predicted molar refractivity (Wildman–Crippen MR) is 90.7 cm³/mol. The molecule has 0 aliphatic carbocycles. The third-order valence-electron chi connectivity index (χ3n) is 3.21. The van der Waals surface area contributed by atoms with Crippen LogP contribution in [-0.2, 0) is 27.8 Å². The molecule has 0 fully saturated rings. The summed E-state index contributed by atoms with van der Waals surface area (Å²) in [5.74, 6) is -1.02. The Morgan fingerprint density at radius 1 is 1.20 bits per heavy atom. The van der Waals surface area contributed by atoms with Gasteiger partial charge in [-0.2, -0.15) is 0 Å². The molecule has 1 amide bonds. The summed E-state index contributed by atoms with van der Waals surface area (Å²) in [6, 6.07) is 9.82. The van der Waals surface area contributed by atoms with Crippen molar-refractivity contribution >= 4 is 27.6 Å². The minimum absolute atomic E-state index is 0.00623. The van der Waals surface area contributed by atoms with Gasteiger partial charge in [0.2, 0.25) is 10.0 Å². The first-order chi connectivity index (χ1) is 11.7. The van der Waals surface area contributed by atoms with Crippen LogP contribution in [0.15, 0.2) is 40.8 Å². The number of carboxylic acids is 1. The minimum Gasteiger partial charge on any atom is -0.481 e. The number of amides is 1. The second-order valence-electron chi connectivity index (χ2n) is 5.41. The molecule has 1 aromatic carbocycles. The first kappa shape index (κ1) is 18.7. The average Bonchev–Trinajstić information content (AvgIpc) is 3.00. The Morgan fingerprint density at radius 3 is 2.64 bits per heavy atom. The van der Waals surface area contributed by atoms with Crippen molar-refractivity contribution in [2.24, 2.45) is 0 Å². The third kappa shape index (κ3) is 6.40. The monoisotopic (exact) mass is 366 g/mol. The molecule has 2 rings (SSSR count). The quantitative estimate of drug-likeness (QED) is 0.651. The van der Waals surface area contributed by atoms with Gasteiger partial charge >= 0.3 is 5.97 Å². The molecule has 1 heterocycles. The second-order valence-corrected chi connectivity index (χ2v) is 7.24. The predicted octanol–water partition coefficient (Wildman–Crippen LogP) is 1.60. The van der Waals surface area contributed by atoms with Crippen LogP contribution in [0, 0.1) is 0 Å². The van der Waals surface area contributed by atoms with Gasteiger partial charge in [-0.05, 0) is 36.2 Å². The molecule has 2 aromatic rings. The fourth-order valence-corrected chi connectivity index (χ4v) is 2.45. The summed E-state index contributed by atoms with van der Waals surface area (Å²) >= 11 is 0. The highest BCUT2D eigenvalue weighted by atomic mass is 32.2. The van der Waals surface area contributed by atoms with Crippen molar-refractivity contribution in [3.8, 4) is 0 Å². The van der Waals surface area contributed by atoms with Gasteiger partial charge in [0.05, 0.1) is 12.8 Å². The number of carboxylic acid groups (broad SMARTS) is 1. The van der Waals surface area contributed by atoms with E-state index in [4.69, 9.17) is 9.52 Å². The number of sulfonamides is 1. The lowest BCUT2D eigenvalue weighted by Gasteiger charge is -2.06. The lowest BCUT2D eigenvalue weighted by atomic mass is 10.1. The van der Waals surface area contributed by atoms with Crippen molar-refractivity contribution in [2.75, 3.05) is 11.6 Å². The van der Waals surface area contributed by atoms with Gasteiger partial charge in [0.1, 0.15) is 5.76 Å². The lowest BCUT2D eigenvalue weighted by molar-refractivity contribution is -0.136. The smallest absolute Gasteiger partial charge is 0.303 e. The Balaban J connectivity index is 1.99. The molecule has 0 atom stereocenters. The molecule has 134 valence electrons. The molecule has 3 N–H and O–H groups in total. The van der Waals surface area contributed by atoms with E-state index in [0.29, 0.717) is 17.9 Å². The van der Waals surface area contributed by atoms with Crippen LogP contribution in [-0.4, -0.2) is 31.7 Å². The van der Waals surface area contributed by atoms with Gasteiger partial charge in [-0.1, -0.05) is 12.1 Å². The van der Waals surface area contributed by atoms with Gasteiger partial charge in [-0.25, -0.2) is 13.1 Å². The number of anilines is 1.